The number of nitrogens with zero attached hydrogens (tertiary/aromatic N) is 5. The average molecular weight is 340 g/mol. The summed E-state index contributed by atoms with van der Waals surface area (Å²) in [6.07, 6.45) is 3.42. The Hall–Kier alpha value is -3.72. The molecule has 6 nitrogen and oxygen atoms in total. The first-order valence-electron chi connectivity index (χ1n) is 8.27. The van der Waals surface area contributed by atoms with Crippen molar-refractivity contribution in [3.8, 4) is 11.9 Å². The molecule has 0 amide bonds. The number of fused-ring (bicyclic) bond motifs is 1. The van der Waals surface area contributed by atoms with Crippen molar-refractivity contribution in [2.24, 2.45) is 0 Å². The van der Waals surface area contributed by atoms with E-state index in [1.165, 1.54) is 0 Å². The largest absolute Gasteiger partial charge is 0.348 e. The maximum atomic E-state index is 9.13. The van der Waals surface area contributed by atoms with Crippen molar-refractivity contribution in [3.05, 3.63) is 78.2 Å². The van der Waals surface area contributed by atoms with E-state index in [9.17, 15) is 0 Å². The van der Waals surface area contributed by atoms with Crippen LogP contribution in [0.1, 0.15) is 24.1 Å². The molecule has 0 aliphatic rings. The lowest BCUT2D eigenvalue weighted by Gasteiger charge is -2.14. The number of nitrogens with one attached hydrogen (secondary N) is 1. The van der Waals surface area contributed by atoms with Crippen molar-refractivity contribution in [2.75, 3.05) is 5.32 Å². The van der Waals surface area contributed by atoms with Gasteiger partial charge in [0.2, 0.25) is 5.95 Å². The van der Waals surface area contributed by atoms with Crippen LogP contribution in [0.2, 0.25) is 0 Å². The molecule has 0 aliphatic carbocycles. The molecule has 0 fully saturated rings. The fourth-order valence-corrected chi connectivity index (χ4v) is 2.83. The normalized spacial score (nSPS) is 11.8. The van der Waals surface area contributed by atoms with Crippen LogP contribution in [0.4, 0.5) is 5.95 Å². The zero-order valence-corrected chi connectivity index (χ0v) is 14.2. The third-order valence-corrected chi connectivity index (χ3v) is 4.21. The SMILES string of the molecule is CC(Nc1nccc(-n2cnc3ccc(C#N)cc32)n1)c1ccccc1. The molecule has 4 aromatic rings. The molecular formula is C20H16N6. The first-order chi connectivity index (χ1) is 12.7. The zero-order chi connectivity index (χ0) is 17.9. The van der Waals surface area contributed by atoms with Crippen LogP contribution in [-0.2, 0) is 0 Å². The number of hydrogen-bond donors (Lipinski definition) is 1. The summed E-state index contributed by atoms with van der Waals surface area (Å²) >= 11 is 0. The Morgan fingerprint density at radius 1 is 1.08 bits per heavy atom. The summed E-state index contributed by atoms with van der Waals surface area (Å²) in [5, 5.41) is 12.5. The molecule has 0 radical (unpaired) electrons. The lowest BCUT2D eigenvalue weighted by Crippen LogP contribution is -2.10. The Bertz CT molecular complexity index is 1090. The van der Waals surface area contributed by atoms with Gasteiger partial charge in [-0.2, -0.15) is 10.2 Å². The van der Waals surface area contributed by atoms with Crippen molar-refractivity contribution >= 4 is 17.0 Å². The average Bonchev–Trinajstić information content (AvgIpc) is 3.12. The van der Waals surface area contributed by atoms with Gasteiger partial charge in [0, 0.05) is 6.20 Å². The first-order valence-corrected chi connectivity index (χ1v) is 8.27. The summed E-state index contributed by atoms with van der Waals surface area (Å²) in [6.45, 7) is 2.07. The Labute approximate surface area is 150 Å². The zero-order valence-electron chi connectivity index (χ0n) is 14.2. The van der Waals surface area contributed by atoms with Crippen LogP contribution in [0.5, 0.6) is 0 Å². The van der Waals surface area contributed by atoms with Gasteiger partial charge in [-0.1, -0.05) is 30.3 Å². The van der Waals surface area contributed by atoms with E-state index in [1.807, 2.05) is 41.0 Å². The van der Waals surface area contributed by atoms with E-state index in [0.29, 0.717) is 17.3 Å². The fraction of sp³-hybridized carbons (Fsp3) is 0.100. The van der Waals surface area contributed by atoms with E-state index >= 15 is 0 Å². The highest BCUT2D eigenvalue weighted by molar-refractivity contribution is 5.78. The summed E-state index contributed by atoms with van der Waals surface area (Å²) in [6, 6.07) is 19.6. The molecule has 2 aromatic heterocycles. The van der Waals surface area contributed by atoms with Crippen LogP contribution >= 0.6 is 0 Å². The predicted octanol–water partition coefficient (Wildman–Crippen LogP) is 3.86. The highest BCUT2D eigenvalue weighted by atomic mass is 15.2. The maximum absolute atomic E-state index is 9.13. The van der Waals surface area contributed by atoms with Gasteiger partial charge in [-0.15, -0.1) is 0 Å². The Balaban J connectivity index is 1.67. The van der Waals surface area contributed by atoms with E-state index in [1.54, 1.807) is 18.6 Å². The van der Waals surface area contributed by atoms with Gasteiger partial charge in [-0.25, -0.2) is 9.97 Å². The molecule has 26 heavy (non-hydrogen) atoms. The molecule has 0 saturated carbocycles. The summed E-state index contributed by atoms with van der Waals surface area (Å²) in [7, 11) is 0. The van der Waals surface area contributed by atoms with E-state index in [2.05, 4.69) is 45.4 Å². The van der Waals surface area contributed by atoms with Crippen LogP contribution < -0.4 is 5.32 Å². The predicted molar refractivity (Wildman–Crippen MR) is 99.9 cm³/mol. The van der Waals surface area contributed by atoms with Gasteiger partial charge >= 0.3 is 0 Å². The molecule has 0 aliphatic heterocycles. The number of hydrogen-bond acceptors (Lipinski definition) is 5. The molecule has 0 spiro atoms. The van der Waals surface area contributed by atoms with Gasteiger partial charge in [0.15, 0.2) is 0 Å². The van der Waals surface area contributed by atoms with Crippen LogP contribution in [-0.4, -0.2) is 19.5 Å². The summed E-state index contributed by atoms with van der Waals surface area (Å²) < 4.78 is 1.86. The molecule has 2 heterocycles. The molecule has 0 bridgehead atoms. The Morgan fingerprint density at radius 2 is 1.92 bits per heavy atom. The fourth-order valence-electron chi connectivity index (χ4n) is 2.83. The Morgan fingerprint density at radius 3 is 2.73 bits per heavy atom. The quantitative estimate of drug-likeness (QED) is 0.610. The van der Waals surface area contributed by atoms with Crippen LogP contribution in [0.15, 0.2) is 67.1 Å². The minimum absolute atomic E-state index is 0.0798. The second-order valence-electron chi connectivity index (χ2n) is 5.95. The monoisotopic (exact) mass is 340 g/mol. The highest BCUT2D eigenvalue weighted by Crippen LogP contribution is 2.20. The van der Waals surface area contributed by atoms with Gasteiger partial charge in [-0.05, 0) is 36.8 Å². The van der Waals surface area contributed by atoms with Crippen LogP contribution in [0.25, 0.3) is 16.9 Å². The molecule has 6 heteroatoms. The third-order valence-electron chi connectivity index (χ3n) is 4.21. The van der Waals surface area contributed by atoms with Crippen molar-refractivity contribution in [1.29, 1.82) is 5.26 Å². The van der Waals surface area contributed by atoms with Crippen molar-refractivity contribution in [1.82, 2.24) is 19.5 Å². The number of rotatable bonds is 4. The molecule has 0 saturated heterocycles. The summed E-state index contributed by atoms with van der Waals surface area (Å²) in [4.78, 5) is 13.3. The number of nitriles is 1. The number of aromatic nitrogens is 4. The minimum atomic E-state index is 0.0798. The van der Waals surface area contributed by atoms with Crippen LogP contribution in [0, 0.1) is 11.3 Å². The number of imidazole rings is 1. The van der Waals surface area contributed by atoms with Gasteiger partial charge in [-0.3, -0.25) is 4.57 Å². The number of anilines is 1. The van der Waals surface area contributed by atoms with Gasteiger partial charge in [0.1, 0.15) is 12.1 Å². The van der Waals surface area contributed by atoms with Crippen molar-refractivity contribution in [3.63, 3.8) is 0 Å². The first kappa shape index (κ1) is 15.8. The van der Waals surface area contributed by atoms with E-state index in [4.69, 9.17) is 5.26 Å². The third kappa shape index (κ3) is 2.98. The molecule has 1 unspecified atom stereocenters. The second-order valence-corrected chi connectivity index (χ2v) is 5.95. The van der Waals surface area contributed by atoms with Gasteiger partial charge in [0.05, 0.1) is 28.7 Å². The maximum Gasteiger partial charge on any atom is 0.225 e. The topological polar surface area (TPSA) is 79.4 Å². The summed E-state index contributed by atoms with van der Waals surface area (Å²) in [5.74, 6) is 1.23. The molecule has 1 atom stereocenters. The lowest BCUT2D eigenvalue weighted by atomic mass is 10.1. The van der Waals surface area contributed by atoms with Gasteiger partial charge < -0.3 is 5.32 Å². The van der Waals surface area contributed by atoms with Crippen molar-refractivity contribution < 1.29 is 0 Å². The standard InChI is InChI=1S/C20H16N6/c1-14(16-5-3-2-4-6-16)24-20-22-10-9-19(25-20)26-13-23-17-8-7-15(12-21)11-18(17)26/h2-11,13-14H,1H3,(H,22,24,25). The molecular weight excluding hydrogens is 324 g/mol. The molecule has 4 rings (SSSR count). The lowest BCUT2D eigenvalue weighted by molar-refractivity contribution is 0.854. The summed E-state index contributed by atoms with van der Waals surface area (Å²) in [5.41, 5.74) is 3.40. The Kier molecular flexibility index (Phi) is 4.04. The van der Waals surface area contributed by atoms with E-state index in [-0.39, 0.29) is 6.04 Å². The second kappa shape index (κ2) is 6.65. The highest BCUT2D eigenvalue weighted by Gasteiger charge is 2.10. The van der Waals surface area contributed by atoms with Crippen molar-refractivity contribution in [2.45, 2.75) is 13.0 Å². The number of benzene rings is 2. The van der Waals surface area contributed by atoms with Crippen LogP contribution in [0.3, 0.4) is 0 Å². The van der Waals surface area contributed by atoms with Gasteiger partial charge in [0.25, 0.3) is 0 Å². The molecule has 2 aromatic carbocycles. The molecule has 126 valence electrons. The van der Waals surface area contributed by atoms with E-state index in [0.717, 1.165) is 16.6 Å². The smallest absolute Gasteiger partial charge is 0.225 e. The molecule has 1 N–H and O–H groups in total. The van der Waals surface area contributed by atoms with E-state index < -0.39 is 0 Å². The minimum Gasteiger partial charge on any atom is -0.348 e.